The lowest BCUT2D eigenvalue weighted by atomic mass is 10.1. The first kappa shape index (κ1) is 23.8. The number of sulfonamides is 1. The van der Waals surface area contributed by atoms with Gasteiger partial charge in [0.25, 0.3) is 0 Å². The molecule has 0 aliphatic carbocycles. The van der Waals surface area contributed by atoms with Crippen LogP contribution in [0.1, 0.15) is 31.0 Å². The smallest absolute Gasteiger partial charge is 0.241 e. The Kier molecular flexibility index (Phi) is 7.97. The van der Waals surface area contributed by atoms with E-state index >= 15 is 0 Å². The highest BCUT2D eigenvalue weighted by Gasteiger charge is 2.26. The molecule has 1 N–H and O–H groups in total. The predicted octanol–water partition coefficient (Wildman–Crippen LogP) is 3.56. The standard InChI is InChI=1S/C21H27ClN2O5S/c1-6-15-7-9-16(10-8-15)14(2)23-21(25)13-24(30(5,26)27)18-12-19(28-3)17(22)11-20(18)29-4/h7-12,14H,6,13H2,1-5H3,(H,23,25)/t14-/m1/s1. The number of nitrogens with one attached hydrogen (secondary N) is 1. The fourth-order valence-corrected chi connectivity index (χ4v) is 4.05. The summed E-state index contributed by atoms with van der Waals surface area (Å²) < 4.78 is 36.4. The van der Waals surface area contributed by atoms with Crippen molar-refractivity contribution in [2.45, 2.75) is 26.3 Å². The average molecular weight is 455 g/mol. The van der Waals surface area contributed by atoms with Crippen molar-refractivity contribution >= 4 is 33.2 Å². The third-order valence-electron chi connectivity index (χ3n) is 4.67. The Morgan fingerprint density at radius 2 is 1.73 bits per heavy atom. The van der Waals surface area contributed by atoms with Gasteiger partial charge in [0, 0.05) is 12.1 Å². The van der Waals surface area contributed by atoms with Crippen molar-refractivity contribution in [3.63, 3.8) is 0 Å². The number of ether oxygens (including phenoxy) is 2. The van der Waals surface area contributed by atoms with E-state index in [1.165, 1.54) is 31.9 Å². The summed E-state index contributed by atoms with van der Waals surface area (Å²) in [7, 11) is -0.989. The molecule has 2 aromatic carbocycles. The summed E-state index contributed by atoms with van der Waals surface area (Å²) in [6.07, 6.45) is 1.95. The van der Waals surface area contributed by atoms with Crippen molar-refractivity contribution in [1.29, 1.82) is 0 Å². The van der Waals surface area contributed by atoms with Gasteiger partial charge in [-0.15, -0.1) is 0 Å². The number of benzene rings is 2. The summed E-state index contributed by atoms with van der Waals surface area (Å²) in [5.74, 6) is 0.0246. The van der Waals surface area contributed by atoms with Gasteiger partial charge < -0.3 is 14.8 Å². The number of hydrogen-bond donors (Lipinski definition) is 1. The Labute approximate surface area is 183 Å². The van der Waals surface area contributed by atoms with E-state index in [0.29, 0.717) is 0 Å². The molecule has 1 atom stereocenters. The summed E-state index contributed by atoms with van der Waals surface area (Å²) in [4.78, 5) is 12.7. The topological polar surface area (TPSA) is 84.9 Å². The molecule has 0 saturated carbocycles. The van der Waals surface area contributed by atoms with Crippen molar-refractivity contribution in [3.8, 4) is 11.5 Å². The Morgan fingerprint density at radius 3 is 2.23 bits per heavy atom. The molecule has 0 spiro atoms. The van der Waals surface area contributed by atoms with E-state index in [1.807, 2.05) is 31.2 Å². The molecule has 30 heavy (non-hydrogen) atoms. The van der Waals surface area contributed by atoms with E-state index in [1.54, 1.807) is 0 Å². The van der Waals surface area contributed by atoms with Crippen LogP contribution in [0.3, 0.4) is 0 Å². The molecule has 1 amide bonds. The van der Waals surface area contributed by atoms with Gasteiger partial charge in [-0.2, -0.15) is 0 Å². The highest BCUT2D eigenvalue weighted by Crippen LogP contribution is 2.38. The van der Waals surface area contributed by atoms with E-state index in [2.05, 4.69) is 12.2 Å². The SMILES string of the molecule is CCc1ccc([C@@H](C)NC(=O)CN(c2cc(OC)c(Cl)cc2OC)S(C)(=O)=O)cc1. The minimum absolute atomic E-state index is 0.163. The Morgan fingerprint density at radius 1 is 1.13 bits per heavy atom. The van der Waals surface area contributed by atoms with E-state index in [-0.39, 0.29) is 28.3 Å². The van der Waals surface area contributed by atoms with Crippen LogP contribution in [0.5, 0.6) is 11.5 Å². The number of aryl methyl sites for hydroxylation is 1. The van der Waals surface area contributed by atoms with Crippen LogP contribution < -0.4 is 19.1 Å². The number of rotatable bonds is 9. The molecule has 0 saturated heterocycles. The van der Waals surface area contributed by atoms with Gasteiger partial charge in [-0.05, 0) is 24.5 Å². The molecule has 2 rings (SSSR count). The molecule has 164 valence electrons. The van der Waals surface area contributed by atoms with Crippen LogP contribution in [-0.2, 0) is 21.2 Å². The summed E-state index contributed by atoms with van der Waals surface area (Å²) >= 11 is 6.11. The molecular weight excluding hydrogens is 428 g/mol. The minimum Gasteiger partial charge on any atom is -0.495 e. The lowest BCUT2D eigenvalue weighted by Gasteiger charge is -2.25. The lowest BCUT2D eigenvalue weighted by molar-refractivity contribution is -0.120. The molecule has 0 bridgehead atoms. The predicted molar refractivity (Wildman–Crippen MR) is 119 cm³/mol. The summed E-state index contributed by atoms with van der Waals surface area (Å²) in [5.41, 5.74) is 2.29. The first-order valence-electron chi connectivity index (χ1n) is 9.38. The lowest BCUT2D eigenvalue weighted by Crippen LogP contribution is -2.41. The van der Waals surface area contributed by atoms with Crippen LogP contribution in [0, 0.1) is 0 Å². The summed E-state index contributed by atoms with van der Waals surface area (Å²) in [5, 5.41) is 3.10. The Hall–Kier alpha value is -2.45. The molecule has 0 fully saturated rings. The van der Waals surface area contributed by atoms with E-state index in [9.17, 15) is 13.2 Å². The van der Waals surface area contributed by atoms with Crippen molar-refractivity contribution in [1.82, 2.24) is 5.32 Å². The Balaban J connectivity index is 2.28. The zero-order valence-corrected chi connectivity index (χ0v) is 19.3. The highest BCUT2D eigenvalue weighted by molar-refractivity contribution is 7.92. The maximum Gasteiger partial charge on any atom is 0.241 e. The molecule has 0 aliphatic rings. The molecule has 0 aliphatic heterocycles. The second-order valence-corrected chi connectivity index (χ2v) is 9.13. The molecule has 2 aromatic rings. The van der Waals surface area contributed by atoms with Crippen LogP contribution in [0.2, 0.25) is 5.02 Å². The number of carbonyl (C=O) groups excluding carboxylic acids is 1. The van der Waals surface area contributed by atoms with Gasteiger partial charge in [0.15, 0.2) is 0 Å². The number of methoxy groups -OCH3 is 2. The number of anilines is 1. The van der Waals surface area contributed by atoms with Gasteiger partial charge in [0.05, 0.1) is 37.2 Å². The molecule has 0 aromatic heterocycles. The van der Waals surface area contributed by atoms with Crippen molar-refractivity contribution in [3.05, 3.63) is 52.5 Å². The zero-order valence-electron chi connectivity index (χ0n) is 17.7. The number of carbonyl (C=O) groups is 1. The zero-order chi connectivity index (χ0) is 22.5. The van der Waals surface area contributed by atoms with Crippen LogP contribution in [0.15, 0.2) is 36.4 Å². The van der Waals surface area contributed by atoms with Crippen LogP contribution in [-0.4, -0.2) is 41.3 Å². The summed E-state index contributed by atoms with van der Waals surface area (Å²) in [6.45, 7) is 3.49. The highest BCUT2D eigenvalue weighted by atomic mass is 35.5. The summed E-state index contributed by atoms with van der Waals surface area (Å²) in [6, 6.07) is 10.5. The van der Waals surface area contributed by atoms with Gasteiger partial charge in [-0.1, -0.05) is 42.8 Å². The third-order valence-corrected chi connectivity index (χ3v) is 6.10. The molecule has 0 heterocycles. The molecule has 9 heteroatoms. The largest absolute Gasteiger partial charge is 0.495 e. The van der Waals surface area contributed by atoms with Crippen LogP contribution >= 0.6 is 11.6 Å². The molecule has 0 radical (unpaired) electrons. The quantitative estimate of drug-likeness (QED) is 0.626. The fourth-order valence-electron chi connectivity index (χ4n) is 2.96. The second kappa shape index (κ2) is 10.0. The number of halogens is 1. The maximum absolute atomic E-state index is 12.7. The normalized spacial score (nSPS) is 12.2. The van der Waals surface area contributed by atoms with Gasteiger partial charge in [0.1, 0.15) is 18.0 Å². The molecular formula is C21H27ClN2O5S. The van der Waals surface area contributed by atoms with Crippen molar-refractivity contribution in [2.24, 2.45) is 0 Å². The second-order valence-electron chi connectivity index (χ2n) is 6.81. The number of hydrogen-bond acceptors (Lipinski definition) is 5. The third kappa shape index (κ3) is 5.79. The van der Waals surface area contributed by atoms with Gasteiger partial charge in [-0.25, -0.2) is 8.42 Å². The van der Waals surface area contributed by atoms with Gasteiger partial charge in [0.2, 0.25) is 15.9 Å². The first-order chi connectivity index (χ1) is 14.1. The van der Waals surface area contributed by atoms with E-state index < -0.39 is 22.5 Å². The monoisotopic (exact) mass is 454 g/mol. The first-order valence-corrected chi connectivity index (χ1v) is 11.6. The van der Waals surface area contributed by atoms with Gasteiger partial charge in [-0.3, -0.25) is 9.10 Å². The van der Waals surface area contributed by atoms with Crippen LogP contribution in [0.25, 0.3) is 0 Å². The molecule has 0 unspecified atom stereocenters. The van der Waals surface area contributed by atoms with Gasteiger partial charge >= 0.3 is 0 Å². The minimum atomic E-state index is -3.80. The average Bonchev–Trinajstić information content (AvgIpc) is 2.71. The number of amides is 1. The van der Waals surface area contributed by atoms with Crippen molar-refractivity contribution in [2.75, 3.05) is 31.3 Å². The maximum atomic E-state index is 12.7. The Bertz CT molecular complexity index is 993. The van der Waals surface area contributed by atoms with Crippen molar-refractivity contribution < 1.29 is 22.7 Å². The fraction of sp³-hybridized carbons (Fsp3) is 0.381. The molecule has 7 nitrogen and oxygen atoms in total. The van der Waals surface area contributed by atoms with E-state index in [0.717, 1.165) is 22.5 Å². The number of nitrogens with zero attached hydrogens (tertiary/aromatic N) is 1. The van der Waals surface area contributed by atoms with E-state index in [4.69, 9.17) is 21.1 Å². The van der Waals surface area contributed by atoms with Crippen LogP contribution in [0.4, 0.5) is 5.69 Å².